The van der Waals surface area contributed by atoms with E-state index in [0.29, 0.717) is 19.1 Å². The van der Waals surface area contributed by atoms with E-state index in [1.54, 1.807) is 0 Å². The van der Waals surface area contributed by atoms with Crippen molar-refractivity contribution in [3.8, 4) is 0 Å². The summed E-state index contributed by atoms with van der Waals surface area (Å²) in [5, 5.41) is 16.0. The van der Waals surface area contributed by atoms with Gasteiger partial charge in [-0.3, -0.25) is 0 Å². The number of aliphatic hydroxyl groups is 1. The van der Waals surface area contributed by atoms with Crippen LogP contribution in [0.5, 0.6) is 0 Å². The third-order valence-corrected chi connectivity index (χ3v) is 3.69. The first-order valence-corrected chi connectivity index (χ1v) is 8.84. The molecule has 0 heterocycles. The summed E-state index contributed by atoms with van der Waals surface area (Å²) >= 11 is 0. The van der Waals surface area contributed by atoms with Gasteiger partial charge in [0, 0.05) is 18.7 Å². The Morgan fingerprint density at radius 3 is 2.61 bits per heavy atom. The van der Waals surface area contributed by atoms with E-state index < -0.39 is 17.7 Å². The van der Waals surface area contributed by atoms with Crippen LogP contribution in [0.15, 0.2) is 53.5 Å². The second kappa shape index (κ2) is 13.4. The zero-order valence-electron chi connectivity index (χ0n) is 15.7. The summed E-state index contributed by atoms with van der Waals surface area (Å²) in [6.45, 7) is 3.27. The molecule has 8 heteroatoms. The summed E-state index contributed by atoms with van der Waals surface area (Å²) < 4.78 is 32.4. The number of rotatable bonds is 9. The number of nitrogens with zero attached hydrogens (tertiary/aromatic N) is 1. The SMILES string of the molecule is CCNC(=NCc1cc(F)ccc1F)NCC(O)COCc1ccccc1.I. The fourth-order valence-electron chi connectivity index (χ4n) is 2.33. The number of hydrogen-bond acceptors (Lipinski definition) is 3. The fourth-order valence-corrected chi connectivity index (χ4v) is 2.33. The quantitative estimate of drug-likeness (QED) is 0.278. The number of guanidine groups is 1. The van der Waals surface area contributed by atoms with E-state index in [1.807, 2.05) is 37.3 Å². The molecule has 5 nitrogen and oxygen atoms in total. The average Bonchev–Trinajstić information content (AvgIpc) is 2.67. The Morgan fingerprint density at radius 2 is 1.89 bits per heavy atom. The zero-order chi connectivity index (χ0) is 19.5. The predicted molar refractivity (Wildman–Crippen MR) is 117 cm³/mol. The van der Waals surface area contributed by atoms with Gasteiger partial charge in [-0.1, -0.05) is 30.3 Å². The minimum Gasteiger partial charge on any atom is -0.389 e. The zero-order valence-corrected chi connectivity index (χ0v) is 18.0. The molecular formula is C20H26F2IN3O2. The molecular weight excluding hydrogens is 479 g/mol. The van der Waals surface area contributed by atoms with Gasteiger partial charge in [0.15, 0.2) is 5.96 Å². The first-order chi connectivity index (χ1) is 13.1. The molecule has 0 saturated carbocycles. The maximum Gasteiger partial charge on any atom is 0.191 e. The molecule has 0 aliphatic carbocycles. The molecule has 0 amide bonds. The largest absolute Gasteiger partial charge is 0.389 e. The number of halogens is 3. The fraction of sp³-hybridized carbons (Fsp3) is 0.350. The highest BCUT2D eigenvalue weighted by atomic mass is 127. The molecule has 0 aliphatic rings. The van der Waals surface area contributed by atoms with Crippen molar-refractivity contribution in [1.82, 2.24) is 10.6 Å². The van der Waals surface area contributed by atoms with Crippen LogP contribution in [0.1, 0.15) is 18.1 Å². The van der Waals surface area contributed by atoms with Crippen molar-refractivity contribution in [3.05, 3.63) is 71.3 Å². The van der Waals surface area contributed by atoms with Crippen molar-refractivity contribution in [2.24, 2.45) is 4.99 Å². The lowest BCUT2D eigenvalue weighted by atomic mass is 10.2. The Hall–Kier alpha value is -1.78. The molecule has 3 N–H and O–H groups in total. The van der Waals surface area contributed by atoms with Gasteiger partial charge in [-0.25, -0.2) is 13.8 Å². The minimum atomic E-state index is -0.733. The lowest BCUT2D eigenvalue weighted by Crippen LogP contribution is -2.42. The van der Waals surface area contributed by atoms with Crippen LogP contribution in [0, 0.1) is 11.6 Å². The van der Waals surface area contributed by atoms with Crippen LogP contribution in [0.4, 0.5) is 8.78 Å². The number of benzene rings is 2. The smallest absolute Gasteiger partial charge is 0.191 e. The molecule has 0 radical (unpaired) electrons. The van der Waals surface area contributed by atoms with Gasteiger partial charge in [0.05, 0.1) is 25.9 Å². The summed E-state index contributed by atoms with van der Waals surface area (Å²) in [6, 6.07) is 13.0. The topological polar surface area (TPSA) is 65.9 Å². The highest BCUT2D eigenvalue weighted by Crippen LogP contribution is 2.10. The van der Waals surface area contributed by atoms with Crippen LogP contribution in [0.2, 0.25) is 0 Å². The van der Waals surface area contributed by atoms with Gasteiger partial charge < -0.3 is 20.5 Å². The van der Waals surface area contributed by atoms with Gasteiger partial charge in [-0.15, -0.1) is 24.0 Å². The number of aliphatic hydroxyl groups excluding tert-OH is 1. The molecule has 0 aromatic heterocycles. The third-order valence-electron chi connectivity index (χ3n) is 3.69. The Balaban J connectivity index is 0.00000392. The average molecular weight is 505 g/mol. The Bertz CT molecular complexity index is 733. The molecule has 2 rings (SSSR count). The highest BCUT2D eigenvalue weighted by molar-refractivity contribution is 14.0. The van der Waals surface area contributed by atoms with Gasteiger partial charge in [0.25, 0.3) is 0 Å². The highest BCUT2D eigenvalue weighted by Gasteiger charge is 2.08. The molecule has 0 fully saturated rings. The van der Waals surface area contributed by atoms with E-state index in [0.717, 1.165) is 23.8 Å². The van der Waals surface area contributed by atoms with Gasteiger partial charge >= 0.3 is 0 Å². The summed E-state index contributed by atoms with van der Waals surface area (Å²) in [5.41, 5.74) is 1.20. The van der Waals surface area contributed by atoms with E-state index in [4.69, 9.17) is 4.74 Å². The lowest BCUT2D eigenvalue weighted by Gasteiger charge is -2.15. The van der Waals surface area contributed by atoms with Crippen LogP contribution in [-0.2, 0) is 17.9 Å². The van der Waals surface area contributed by atoms with E-state index in [1.165, 1.54) is 0 Å². The first kappa shape index (κ1) is 24.3. The molecule has 0 saturated heterocycles. The molecule has 28 heavy (non-hydrogen) atoms. The summed E-state index contributed by atoms with van der Waals surface area (Å²) in [4.78, 5) is 4.22. The summed E-state index contributed by atoms with van der Waals surface area (Å²) in [7, 11) is 0. The second-order valence-corrected chi connectivity index (χ2v) is 5.97. The number of nitrogens with one attached hydrogen (secondary N) is 2. The van der Waals surface area contributed by atoms with Crippen molar-refractivity contribution >= 4 is 29.9 Å². The Morgan fingerprint density at radius 1 is 1.14 bits per heavy atom. The van der Waals surface area contributed by atoms with Gasteiger partial charge in [0.2, 0.25) is 0 Å². The summed E-state index contributed by atoms with van der Waals surface area (Å²) in [6.07, 6.45) is -0.733. The molecule has 1 atom stereocenters. The van der Waals surface area contributed by atoms with E-state index >= 15 is 0 Å². The van der Waals surface area contributed by atoms with Crippen LogP contribution in [-0.4, -0.2) is 36.9 Å². The maximum absolute atomic E-state index is 13.7. The second-order valence-electron chi connectivity index (χ2n) is 5.97. The van der Waals surface area contributed by atoms with Crippen molar-refractivity contribution in [2.45, 2.75) is 26.2 Å². The molecule has 0 spiro atoms. The van der Waals surface area contributed by atoms with Gasteiger partial charge in [0.1, 0.15) is 11.6 Å². The normalized spacial score (nSPS) is 12.2. The van der Waals surface area contributed by atoms with Gasteiger partial charge in [-0.05, 0) is 30.7 Å². The standard InChI is InChI=1S/C20H25F2N3O2.HI/c1-2-23-20(24-11-16-10-17(21)8-9-19(16)22)25-12-18(26)14-27-13-15-6-4-3-5-7-15;/h3-10,18,26H,2,11-14H2,1H3,(H2,23,24,25);1H. The number of aliphatic imine (C=N–C) groups is 1. The number of hydrogen-bond donors (Lipinski definition) is 3. The molecule has 2 aromatic rings. The van der Waals surface area contributed by atoms with Crippen molar-refractivity contribution < 1.29 is 18.6 Å². The van der Waals surface area contributed by atoms with Crippen LogP contribution in [0.25, 0.3) is 0 Å². The van der Waals surface area contributed by atoms with Crippen LogP contribution >= 0.6 is 24.0 Å². The maximum atomic E-state index is 13.7. The van der Waals surface area contributed by atoms with Crippen molar-refractivity contribution in [2.75, 3.05) is 19.7 Å². The van der Waals surface area contributed by atoms with Crippen LogP contribution < -0.4 is 10.6 Å². The van der Waals surface area contributed by atoms with Gasteiger partial charge in [-0.2, -0.15) is 0 Å². The Kier molecular flexibility index (Phi) is 11.6. The molecule has 2 aromatic carbocycles. The molecule has 0 bridgehead atoms. The molecule has 1 unspecified atom stereocenters. The van der Waals surface area contributed by atoms with Crippen LogP contribution in [0.3, 0.4) is 0 Å². The molecule has 154 valence electrons. The van der Waals surface area contributed by atoms with E-state index in [2.05, 4.69) is 15.6 Å². The lowest BCUT2D eigenvalue weighted by molar-refractivity contribution is 0.0308. The van der Waals surface area contributed by atoms with Crippen molar-refractivity contribution in [1.29, 1.82) is 0 Å². The third kappa shape index (κ3) is 8.94. The van der Waals surface area contributed by atoms with Crippen molar-refractivity contribution in [3.63, 3.8) is 0 Å². The van der Waals surface area contributed by atoms with E-state index in [-0.39, 0.29) is 49.2 Å². The summed E-state index contributed by atoms with van der Waals surface area (Å²) in [5.74, 6) is -0.612. The van der Waals surface area contributed by atoms with E-state index in [9.17, 15) is 13.9 Å². The number of ether oxygens (including phenoxy) is 1. The molecule has 0 aliphatic heterocycles. The first-order valence-electron chi connectivity index (χ1n) is 8.84. The monoisotopic (exact) mass is 505 g/mol. The predicted octanol–water partition coefficient (Wildman–Crippen LogP) is 3.22. The minimum absolute atomic E-state index is 0. The Labute approximate surface area is 181 Å².